The van der Waals surface area contributed by atoms with E-state index in [2.05, 4.69) is 30.6 Å². The van der Waals surface area contributed by atoms with E-state index in [0.717, 1.165) is 23.9 Å². The largest absolute Gasteiger partial charge is 0.464 e. The zero-order chi connectivity index (χ0) is 12.1. The van der Waals surface area contributed by atoms with Gasteiger partial charge in [-0.2, -0.15) is 11.8 Å². The van der Waals surface area contributed by atoms with Crippen LogP contribution in [0.2, 0.25) is 0 Å². The molecular formula is C14H19NOS. The molecule has 2 rings (SSSR count). The van der Waals surface area contributed by atoms with Gasteiger partial charge in [-0.1, -0.05) is 25.1 Å². The van der Waals surface area contributed by atoms with Crippen LogP contribution in [0.4, 0.5) is 0 Å². The molecule has 1 unspecified atom stereocenters. The number of thioether (sulfide) groups is 1. The van der Waals surface area contributed by atoms with Gasteiger partial charge in [0.15, 0.2) is 0 Å². The van der Waals surface area contributed by atoms with Gasteiger partial charge >= 0.3 is 0 Å². The van der Waals surface area contributed by atoms with E-state index in [-0.39, 0.29) is 0 Å². The average Bonchev–Trinajstić information content (AvgIpc) is 2.78. The number of benzene rings is 1. The van der Waals surface area contributed by atoms with Crippen LogP contribution in [0.25, 0.3) is 11.0 Å². The minimum atomic E-state index is 0.726. The number of furan rings is 1. The molecule has 1 aromatic heterocycles. The highest BCUT2D eigenvalue weighted by atomic mass is 32.2. The number of hydrogen-bond donors (Lipinski definition) is 1. The summed E-state index contributed by atoms with van der Waals surface area (Å²) in [5.74, 6) is 0. The number of rotatable bonds is 6. The average molecular weight is 249 g/mol. The predicted molar refractivity (Wildman–Crippen MR) is 75.5 cm³/mol. The quantitative estimate of drug-likeness (QED) is 0.791. The second-order valence-corrected chi connectivity index (χ2v) is 5.55. The maximum absolute atomic E-state index is 5.50. The second-order valence-electron chi connectivity index (χ2n) is 4.27. The van der Waals surface area contributed by atoms with Crippen molar-refractivity contribution in [2.24, 2.45) is 0 Å². The van der Waals surface area contributed by atoms with Crippen LogP contribution in [0, 0.1) is 0 Å². The fraction of sp³-hybridized carbons (Fsp3) is 0.429. The fourth-order valence-corrected chi connectivity index (χ4v) is 2.17. The molecular weight excluding hydrogens is 230 g/mol. The first kappa shape index (κ1) is 12.5. The molecule has 92 valence electrons. The van der Waals surface area contributed by atoms with Gasteiger partial charge in [0, 0.05) is 22.7 Å². The highest BCUT2D eigenvalue weighted by Crippen LogP contribution is 2.20. The summed E-state index contributed by atoms with van der Waals surface area (Å²) in [5.41, 5.74) is 2.22. The molecule has 0 amide bonds. The van der Waals surface area contributed by atoms with E-state index < -0.39 is 0 Å². The standard InChI is InChI=1S/C14H19NOS/c1-11(17-2)7-8-15-9-12-10-16-14-6-4-3-5-13(12)14/h3-6,10-11,15H,7-9H2,1-2H3. The molecule has 0 aliphatic rings. The summed E-state index contributed by atoms with van der Waals surface area (Å²) < 4.78 is 5.50. The minimum absolute atomic E-state index is 0.726. The van der Waals surface area contributed by atoms with E-state index in [9.17, 15) is 0 Å². The van der Waals surface area contributed by atoms with Crippen LogP contribution >= 0.6 is 11.8 Å². The van der Waals surface area contributed by atoms with Gasteiger partial charge < -0.3 is 9.73 Å². The second kappa shape index (κ2) is 6.12. The van der Waals surface area contributed by atoms with E-state index in [0.29, 0.717) is 0 Å². The Balaban J connectivity index is 1.87. The van der Waals surface area contributed by atoms with E-state index in [1.807, 2.05) is 30.2 Å². The lowest BCUT2D eigenvalue weighted by Crippen LogP contribution is -2.17. The van der Waals surface area contributed by atoms with Crippen LogP contribution in [0.1, 0.15) is 18.9 Å². The summed E-state index contributed by atoms with van der Waals surface area (Å²) in [4.78, 5) is 0. The molecule has 17 heavy (non-hydrogen) atoms. The summed E-state index contributed by atoms with van der Waals surface area (Å²) in [6, 6.07) is 8.18. The SMILES string of the molecule is CSC(C)CCNCc1coc2ccccc12. The molecule has 0 aliphatic carbocycles. The molecule has 1 N–H and O–H groups in total. The summed E-state index contributed by atoms with van der Waals surface area (Å²) >= 11 is 1.92. The Morgan fingerprint density at radius 1 is 1.35 bits per heavy atom. The van der Waals surface area contributed by atoms with Crippen molar-refractivity contribution >= 4 is 22.7 Å². The van der Waals surface area contributed by atoms with Crippen LogP contribution in [-0.4, -0.2) is 18.1 Å². The fourth-order valence-electron chi connectivity index (χ4n) is 1.82. The molecule has 2 aromatic rings. The van der Waals surface area contributed by atoms with Gasteiger partial charge in [0.05, 0.1) is 6.26 Å². The smallest absolute Gasteiger partial charge is 0.134 e. The van der Waals surface area contributed by atoms with Crippen molar-refractivity contribution in [3.8, 4) is 0 Å². The molecule has 2 nitrogen and oxygen atoms in total. The Labute approximate surface area is 107 Å². The highest BCUT2D eigenvalue weighted by molar-refractivity contribution is 7.99. The van der Waals surface area contributed by atoms with Crippen LogP contribution in [-0.2, 0) is 6.54 Å². The molecule has 0 bridgehead atoms. The number of nitrogens with one attached hydrogen (secondary N) is 1. The summed E-state index contributed by atoms with van der Waals surface area (Å²) in [6.45, 7) is 4.21. The number of para-hydroxylation sites is 1. The topological polar surface area (TPSA) is 25.2 Å². The van der Waals surface area contributed by atoms with Crippen LogP contribution in [0.15, 0.2) is 34.9 Å². The molecule has 3 heteroatoms. The van der Waals surface area contributed by atoms with E-state index >= 15 is 0 Å². The Hall–Kier alpha value is -0.930. The van der Waals surface area contributed by atoms with Crippen molar-refractivity contribution in [2.75, 3.05) is 12.8 Å². The molecule has 0 aliphatic heterocycles. The monoisotopic (exact) mass is 249 g/mol. The third-order valence-electron chi connectivity index (χ3n) is 3.01. The van der Waals surface area contributed by atoms with Gasteiger partial charge in [-0.05, 0) is 25.3 Å². The predicted octanol–water partition coefficient (Wildman–Crippen LogP) is 3.66. The van der Waals surface area contributed by atoms with Gasteiger partial charge in [0.2, 0.25) is 0 Å². The minimum Gasteiger partial charge on any atom is -0.464 e. The van der Waals surface area contributed by atoms with Crippen molar-refractivity contribution in [1.29, 1.82) is 0 Å². The van der Waals surface area contributed by atoms with Crippen LogP contribution in [0.5, 0.6) is 0 Å². The van der Waals surface area contributed by atoms with Crippen LogP contribution in [0.3, 0.4) is 0 Å². The molecule has 0 spiro atoms. The lowest BCUT2D eigenvalue weighted by atomic mass is 10.2. The highest BCUT2D eigenvalue weighted by Gasteiger charge is 2.04. The zero-order valence-corrected chi connectivity index (χ0v) is 11.2. The van der Waals surface area contributed by atoms with Crippen molar-refractivity contribution in [3.63, 3.8) is 0 Å². The third-order valence-corrected chi connectivity index (χ3v) is 4.05. The van der Waals surface area contributed by atoms with Crippen molar-refractivity contribution in [2.45, 2.75) is 25.1 Å². The van der Waals surface area contributed by atoms with E-state index in [1.165, 1.54) is 17.4 Å². The van der Waals surface area contributed by atoms with Gasteiger partial charge in [-0.15, -0.1) is 0 Å². The molecule has 0 radical (unpaired) electrons. The molecule has 0 saturated carbocycles. The van der Waals surface area contributed by atoms with Gasteiger partial charge in [0.1, 0.15) is 5.58 Å². The maximum Gasteiger partial charge on any atom is 0.134 e. The van der Waals surface area contributed by atoms with Crippen molar-refractivity contribution in [3.05, 3.63) is 36.1 Å². The number of fused-ring (bicyclic) bond motifs is 1. The first-order chi connectivity index (χ1) is 8.31. The first-order valence-electron chi connectivity index (χ1n) is 6.00. The molecule has 1 heterocycles. The zero-order valence-electron chi connectivity index (χ0n) is 10.4. The lowest BCUT2D eigenvalue weighted by Gasteiger charge is -2.08. The molecule has 1 atom stereocenters. The molecule has 0 saturated heterocycles. The Kier molecular flexibility index (Phi) is 4.51. The van der Waals surface area contributed by atoms with Gasteiger partial charge in [-0.3, -0.25) is 0 Å². The van der Waals surface area contributed by atoms with E-state index in [4.69, 9.17) is 4.42 Å². The summed E-state index contributed by atoms with van der Waals surface area (Å²) in [5, 5.41) is 5.42. The van der Waals surface area contributed by atoms with Gasteiger partial charge in [0.25, 0.3) is 0 Å². The van der Waals surface area contributed by atoms with Crippen molar-refractivity contribution < 1.29 is 4.42 Å². The lowest BCUT2D eigenvalue weighted by molar-refractivity contribution is 0.598. The van der Waals surface area contributed by atoms with Gasteiger partial charge in [-0.25, -0.2) is 0 Å². The third kappa shape index (κ3) is 3.27. The maximum atomic E-state index is 5.50. The summed E-state index contributed by atoms with van der Waals surface area (Å²) in [6.07, 6.45) is 5.22. The first-order valence-corrected chi connectivity index (χ1v) is 7.28. The Morgan fingerprint density at radius 2 is 2.18 bits per heavy atom. The Bertz CT molecular complexity index is 466. The normalized spacial score (nSPS) is 13.1. The van der Waals surface area contributed by atoms with Crippen molar-refractivity contribution in [1.82, 2.24) is 5.32 Å². The van der Waals surface area contributed by atoms with E-state index in [1.54, 1.807) is 0 Å². The molecule has 0 fully saturated rings. The summed E-state index contributed by atoms with van der Waals surface area (Å²) in [7, 11) is 0. The Morgan fingerprint density at radius 3 is 3.00 bits per heavy atom. The van der Waals surface area contributed by atoms with Crippen LogP contribution < -0.4 is 5.32 Å². The number of hydrogen-bond acceptors (Lipinski definition) is 3. The molecule has 1 aromatic carbocycles.